The first-order chi connectivity index (χ1) is 9.61. The number of hydrogen-bond acceptors (Lipinski definition) is 3. The van der Waals surface area contributed by atoms with Gasteiger partial charge in [-0.05, 0) is 25.2 Å². The molecule has 2 aromatic rings. The van der Waals surface area contributed by atoms with Crippen LogP contribution in [0.1, 0.15) is 23.4 Å². The van der Waals surface area contributed by atoms with Crippen LogP contribution in [0.4, 0.5) is 5.69 Å². The van der Waals surface area contributed by atoms with Crippen molar-refractivity contribution in [3.63, 3.8) is 0 Å². The highest BCUT2D eigenvalue weighted by Gasteiger charge is 2.13. The van der Waals surface area contributed by atoms with E-state index in [0.717, 1.165) is 17.1 Å². The molecular formula is C15H19N3OS. The number of rotatable bonds is 5. The number of nitrogens with zero attached hydrogens (tertiary/aromatic N) is 2. The fraction of sp³-hybridized carbons (Fsp3) is 0.333. The molecule has 0 radical (unpaired) electrons. The second-order valence-electron chi connectivity index (χ2n) is 4.71. The Hall–Kier alpha value is -1.75. The summed E-state index contributed by atoms with van der Waals surface area (Å²) >= 11 is 4.07. The van der Waals surface area contributed by atoms with Crippen LogP contribution in [0.5, 0.6) is 0 Å². The van der Waals surface area contributed by atoms with Crippen molar-refractivity contribution in [1.82, 2.24) is 9.78 Å². The Kier molecular flexibility index (Phi) is 4.84. The highest BCUT2D eigenvalue weighted by atomic mass is 32.1. The number of thiol groups is 1. The van der Waals surface area contributed by atoms with Crippen molar-refractivity contribution in [2.24, 2.45) is 0 Å². The summed E-state index contributed by atoms with van der Waals surface area (Å²) < 4.78 is 1.92. The van der Waals surface area contributed by atoms with Crippen LogP contribution in [0.3, 0.4) is 0 Å². The zero-order chi connectivity index (χ0) is 14.5. The van der Waals surface area contributed by atoms with Crippen molar-refractivity contribution in [2.75, 3.05) is 11.1 Å². The average molecular weight is 289 g/mol. The maximum atomic E-state index is 11.7. The molecule has 1 heterocycles. The molecule has 0 saturated heterocycles. The smallest absolute Gasteiger partial charge is 0.225 e. The van der Waals surface area contributed by atoms with Gasteiger partial charge in [0.15, 0.2) is 0 Å². The minimum absolute atomic E-state index is 0.0227. The molecular weight excluding hydrogens is 270 g/mol. The van der Waals surface area contributed by atoms with Gasteiger partial charge in [0.05, 0.1) is 23.6 Å². The number of carbonyl (C=O) groups excluding carboxylic acids is 1. The molecule has 5 heteroatoms. The van der Waals surface area contributed by atoms with E-state index in [1.807, 2.05) is 36.7 Å². The van der Waals surface area contributed by atoms with E-state index in [0.29, 0.717) is 18.7 Å². The third-order valence-corrected chi connectivity index (χ3v) is 3.38. The first-order valence-electron chi connectivity index (χ1n) is 6.60. The average Bonchev–Trinajstić information content (AvgIpc) is 2.68. The molecule has 0 saturated carbocycles. The number of amides is 1. The molecule has 0 aliphatic rings. The number of benzene rings is 1. The van der Waals surface area contributed by atoms with Crippen molar-refractivity contribution in [3.8, 4) is 0 Å². The maximum Gasteiger partial charge on any atom is 0.225 e. The van der Waals surface area contributed by atoms with E-state index >= 15 is 0 Å². The zero-order valence-electron chi connectivity index (χ0n) is 11.8. The van der Waals surface area contributed by atoms with Crippen LogP contribution in [-0.2, 0) is 11.3 Å². The molecule has 20 heavy (non-hydrogen) atoms. The summed E-state index contributed by atoms with van der Waals surface area (Å²) in [5, 5.41) is 7.42. The normalized spacial score (nSPS) is 10.6. The van der Waals surface area contributed by atoms with Crippen molar-refractivity contribution < 1.29 is 4.79 Å². The molecule has 0 bridgehead atoms. The molecule has 0 aliphatic heterocycles. The standard InChI is InChI=1S/C15H19N3OS/c1-11-15(16-14(19)8-9-20)12(2)18(17-11)10-13-6-4-3-5-7-13/h3-7,20H,8-10H2,1-2H3,(H,16,19). The van der Waals surface area contributed by atoms with Gasteiger partial charge in [0.25, 0.3) is 0 Å². The van der Waals surface area contributed by atoms with Crippen molar-refractivity contribution in [2.45, 2.75) is 26.8 Å². The molecule has 1 aromatic heterocycles. The number of nitrogens with one attached hydrogen (secondary N) is 1. The third kappa shape index (κ3) is 3.42. The van der Waals surface area contributed by atoms with E-state index in [9.17, 15) is 4.79 Å². The van der Waals surface area contributed by atoms with Gasteiger partial charge in [0.2, 0.25) is 5.91 Å². The van der Waals surface area contributed by atoms with Crippen LogP contribution in [0, 0.1) is 13.8 Å². The lowest BCUT2D eigenvalue weighted by Gasteiger charge is -2.06. The van der Waals surface area contributed by atoms with Gasteiger partial charge in [-0.1, -0.05) is 30.3 Å². The Bertz CT molecular complexity index is 593. The molecule has 0 aliphatic carbocycles. The van der Waals surface area contributed by atoms with Gasteiger partial charge in [-0.2, -0.15) is 17.7 Å². The molecule has 1 aromatic carbocycles. The first-order valence-corrected chi connectivity index (χ1v) is 7.23. The predicted octanol–water partition coefficient (Wildman–Crippen LogP) is 2.81. The quantitative estimate of drug-likeness (QED) is 0.832. The number of hydrogen-bond donors (Lipinski definition) is 2. The molecule has 4 nitrogen and oxygen atoms in total. The van der Waals surface area contributed by atoms with Crippen molar-refractivity contribution >= 4 is 24.2 Å². The summed E-state index contributed by atoms with van der Waals surface area (Å²) in [7, 11) is 0. The Morgan fingerprint density at radius 2 is 2.00 bits per heavy atom. The predicted molar refractivity (Wildman–Crippen MR) is 84.3 cm³/mol. The van der Waals surface area contributed by atoms with E-state index < -0.39 is 0 Å². The lowest BCUT2D eigenvalue weighted by Crippen LogP contribution is -2.13. The van der Waals surface area contributed by atoms with E-state index in [1.54, 1.807) is 0 Å². The summed E-state index contributed by atoms with van der Waals surface area (Å²) in [6, 6.07) is 10.1. The first kappa shape index (κ1) is 14.7. The zero-order valence-corrected chi connectivity index (χ0v) is 12.7. The van der Waals surface area contributed by atoms with Gasteiger partial charge in [0, 0.05) is 6.42 Å². The van der Waals surface area contributed by atoms with Gasteiger partial charge < -0.3 is 5.32 Å². The number of aromatic nitrogens is 2. The van der Waals surface area contributed by atoms with Crippen LogP contribution in [0.2, 0.25) is 0 Å². The van der Waals surface area contributed by atoms with Crippen LogP contribution in [-0.4, -0.2) is 21.4 Å². The van der Waals surface area contributed by atoms with Crippen LogP contribution in [0.25, 0.3) is 0 Å². The largest absolute Gasteiger partial charge is 0.323 e. The molecule has 2 rings (SSSR count). The fourth-order valence-corrected chi connectivity index (χ4v) is 2.29. The molecule has 1 N–H and O–H groups in total. The summed E-state index contributed by atoms with van der Waals surface area (Å²) in [6.45, 7) is 4.58. The van der Waals surface area contributed by atoms with Gasteiger partial charge in [-0.15, -0.1) is 0 Å². The summed E-state index contributed by atoms with van der Waals surface area (Å²) in [5.74, 6) is 0.521. The van der Waals surface area contributed by atoms with Gasteiger partial charge in [-0.25, -0.2) is 0 Å². The monoisotopic (exact) mass is 289 g/mol. The van der Waals surface area contributed by atoms with E-state index in [2.05, 4.69) is 35.2 Å². The molecule has 0 fully saturated rings. The second kappa shape index (κ2) is 6.61. The van der Waals surface area contributed by atoms with Crippen LogP contribution < -0.4 is 5.32 Å². The topological polar surface area (TPSA) is 46.9 Å². The highest BCUT2D eigenvalue weighted by molar-refractivity contribution is 7.80. The summed E-state index contributed by atoms with van der Waals surface area (Å²) in [5.41, 5.74) is 3.81. The molecule has 0 spiro atoms. The van der Waals surface area contributed by atoms with E-state index in [1.165, 1.54) is 5.56 Å². The summed E-state index contributed by atoms with van der Waals surface area (Å²) in [4.78, 5) is 11.7. The summed E-state index contributed by atoms with van der Waals surface area (Å²) in [6.07, 6.45) is 0.409. The molecule has 106 valence electrons. The lowest BCUT2D eigenvalue weighted by molar-refractivity contribution is -0.115. The Morgan fingerprint density at radius 1 is 1.30 bits per heavy atom. The number of aryl methyl sites for hydroxylation is 1. The van der Waals surface area contributed by atoms with Gasteiger partial charge in [0.1, 0.15) is 0 Å². The molecule has 0 atom stereocenters. The molecule has 0 unspecified atom stereocenters. The van der Waals surface area contributed by atoms with E-state index in [4.69, 9.17) is 0 Å². The number of anilines is 1. The van der Waals surface area contributed by atoms with E-state index in [-0.39, 0.29) is 5.91 Å². The second-order valence-corrected chi connectivity index (χ2v) is 5.16. The molecule has 1 amide bonds. The maximum absolute atomic E-state index is 11.7. The lowest BCUT2D eigenvalue weighted by atomic mass is 10.2. The van der Waals surface area contributed by atoms with Gasteiger partial charge >= 0.3 is 0 Å². The Morgan fingerprint density at radius 3 is 2.65 bits per heavy atom. The van der Waals surface area contributed by atoms with Crippen molar-refractivity contribution in [1.29, 1.82) is 0 Å². The Labute approximate surface area is 124 Å². The van der Waals surface area contributed by atoms with Crippen LogP contribution >= 0.6 is 12.6 Å². The van der Waals surface area contributed by atoms with Crippen LogP contribution in [0.15, 0.2) is 30.3 Å². The van der Waals surface area contributed by atoms with Crippen molar-refractivity contribution in [3.05, 3.63) is 47.3 Å². The SMILES string of the molecule is Cc1nn(Cc2ccccc2)c(C)c1NC(=O)CCS. The minimum Gasteiger partial charge on any atom is -0.323 e. The highest BCUT2D eigenvalue weighted by Crippen LogP contribution is 2.20. The third-order valence-electron chi connectivity index (χ3n) is 3.16. The van der Waals surface area contributed by atoms with Gasteiger partial charge in [-0.3, -0.25) is 9.48 Å². The Balaban J connectivity index is 2.18. The minimum atomic E-state index is -0.0227. The fourth-order valence-electron chi connectivity index (χ4n) is 2.09. The number of carbonyl (C=O) groups is 1.